The van der Waals surface area contributed by atoms with Crippen LogP contribution in [0.1, 0.15) is 41.5 Å². The first-order chi connectivity index (χ1) is 9.36. The summed E-state index contributed by atoms with van der Waals surface area (Å²) in [6, 6.07) is 0. The fraction of sp³-hybridized carbons (Fsp3) is 1.00. The van der Waals surface area contributed by atoms with Crippen molar-refractivity contribution in [1.82, 2.24) is 0 Å². The number of hydrogen-bond acceptors (Lipinski definition) is 6. The summed E-state index contributed by atoms with van der Waals surface area (Å²) < 4.78 is 31.2. The van der Waals surface area contributed by atoms with E-state index < -0.39 is 22.1 Å². The van der Waals surface area contributed by atoms with Gasteiger partial charge in [0.05, 0.1) is 0 Å². The molecule has 0 spiro atoms. The van der Waals surface area contributed by atoms with Gasteiger partial charge in [-0.15, -0.1) is 0 Å². The van der Waals surface area contributed by atoms with Gasteiger partial charge in [0.2, 0.25) is 0 Å². The minimum absolute atomic E-state index is 0. The van der Waals surface area contributed by atoms with Gasteiger partial charge < -0.3 is 28.4 Å². The first-order valence-corrected chi connectivity index (χ1v) is 13.2. The van der Waals surface area contributed by atoms with Gasteiger partial charge >= 0.3 is 24.4 Å². The predicted octanol–water partition coefficient (Wildman–Crippen LogP) is 1.61. The second-order valence-electron chi connectivity index (χ2n) is 4.34. The molecule has 0 aromatic rings. The fourth-order valence-electron chi connectivity index (χ4n) is 0.671. The molecule has 22 heavy (non-hydrogen) atoms. The third kappa shape index (κ3) is 23.7. The summed E-state index contributed by atoms with van der Waals surface area (Å²) in [5, 5.41) is 0. The van der Waals surface area contributed by atoms with Crippen LogP contribution in [0.4, 0.5) is 0 Å². The average molecular weight is 485 g/mol. The molecule has 134 valence electrons. The van der Waals surface area contributed by atoms with Gasteiger partial charge in [0, 0.05) is 22.1 Å². The van der Waals surface area contributed by atoms with Crippen LogP contribution in [0.5, 0.6) is 0 Å². The molecule has 2 radical (unpaired) electrons. The van der Waals surface area contributed by atoms with Crippen LogP contribution in [-0.2, 0) is 13.7 Å². The van der Waals surface area contributed by atoms with Crippen LogP contribution >= 0.6 is 22.1 Å². The zero-order chi connectivity index (χ0) is 17.7. The van der Waals surface area contributed by atoms with Crippen LogP contribution in [0.25, 0.3) is 0 Å². The van der Waals surface area contributed by atoms with E-state index in [2.05, 4.69) is 0 Å². The Morgan fingerprint density at radius 3 is 0.591 bits per heavy atom. The smallest absolute Gasteiger partial charge is 0.799 e. The molecular weight excluding hydrogens is 455 g/mol. The Bertz CT molecular complexity index is 308. The maximum Gasteiger partial charge on any atom is 3.00 e. The van der Waals surface area contributed by atoms with E-state index in [1.807, 2.05) is 0 Å². The molecule has 0 aliphatic carbocycles. The van der Waals surface area contributed by atoms with Crippen molar-refractivity contribution in [2.45, 2.75) is 41.5 Å². The third-order valence-corrected chi connectivity index (χ3v) is 8.67. The SMILES string of the molecule is CCP(=O)([O-])CC.CCP(=O)([O-])CC.CCP(=O)([O-])CC.[Sb+3]. The van der Waals surface area contributed by atoms with Crippen molar-refractivity contribution in [3.8, 4) is 0 Å². The topological polar surface area (TPSA) is 120 Å². The van der Waals surface area contributed by atoms with E-state index in [0.29, 0.717) is 37.0 Å². The van der Waals surface area contributed by atoms with Gasteiger partial charge in [-0.1, -0.05) is 41.5 Å². The van der Waals surface area contributed by atoms with Crippen molar-refractivity contribution in [2.75, 3.05) is 37.0 Å². The molecule has 0 aromatic heterocycles. The van der Waals surface area contributed by atoms with Crippen molar-refractivity contribution in [3.63, 3.8) is 0 Å². The van der Waals surface area contributed by atoms with E-state index in [-0.39, 0.29) is 24.4 Å². The quantitative estimate of drug-likeness (QED) is 0.417. The van der Waals surface area contributed by atoms with Crippen LogP contribution in [-0.4, -0.2) is 61.4 Å². The summed E-state index contributed by atoms with van der Waals surface area (Å²) in [7, 11) is -8.71. The molecule has 0 rings (SSSR count). The molecule has 0 bridgehead atoms. The number of rotatable bonds is 6. The molecule has 0 aromatic carbocycles. The summed E-state index contributed by atoms with van der Waals surface area (Å²) in [6.07, 6.45) is 1.77. The van der Waals surface area contributed by atoms with Crippen LogP contribution in [0.2, 0.25) is 0 Å². The zero-order valence-corrected chi connectivity index (χ0v) is 19.7. The van der Waals surface area contributed by atoms with Gasteiger partial charge in [-0.2, -0.15) is 0 Å². The molecule has 0 aliphatic heterocycles. The average Bonchev–Trinajstić information content (AvgIpc) is 2.48. The Morgan fingerprint density at radius 1 is 0.500 bits per heavy atom. The standard InChI is InChI=1S/3C4H11O2P.Sb/c3*1-3-7(5,6)4-2;/h3*3-4H2,1-2H3,(H,5,6);/q;;;+3/p-3. The molecule has 10 heteroatoms. The van der Waals surface area contributed by atoms with E-state index in [1.54, 1.807) is 41.5 Å². The van der Waals surface area contributed by atoms with Crippen molar-refractivity contribution < 1.29 is 28.4 Å². The molecule has 0 saturated carbocycles. The van der Waals surface area contributed by atoms with Crippen LogP contribution < -0.4 is 14.7 Å². The second-order valence-corrected chi connectivity index (χ2v) is 13.0. The molecule has 0 atom stereocenters. The van der Waals surface area contributed by atoms with Crippen LogP contribution in [0.3, 0.4) is 0 Å². The maximum atomic E-state index is 10.4. The molecule has 0 fully saturated rings. The van der Waals surface area contributed by atoms with Crippen molar-refractivity contribution >= 4 is 46.5 Å². The predicted molar refractivity (Wildman–Crippen MR) is 91.8 cm³/mol. The fourth-order valence-corrected chi connectivity index (χ4v) is 2.01. The summed E-state index contributed by atoms with van der Waals surface area (Å²) >= 11 is 0. The Kier molecular flexibility index (Phi) is 22.5. The zero-order valence-electron chi connectivity index (χ0n) is 14.5. The molecule has 0 saturated heterocycles. The molecule has 0 N–H and O–H groups in total. The van der Waals surface area contributed by atoms with E-state index in [0.717, 1.165) is 0 Å². The van der Waals surface area contributed by atoms with E-state index >= 15 is 0 Å². The van der Waals surface area contributed by atoms with Crippen molar-refractivity contribution in [3.05, 3.63) is 0 Å². The summed E-state index contributed by atoms with van der Waals surface area (Å²) in [5.41, 5.74) is 0. The normalized spacial score (nSPS) is 11.3. The first kappa shape index (κ1) is 31.2. The molecule has 6 nitrogen and oxygen atoms in total. The molecule has 0 heterocycles. The Hall–Kier alpha value is 1.39. The van der Waals surface area contributed by atoms with Gasteiger partial charge in [0.1, 0.15) is 0 Å². The Morgan fingerprint density at radius 2 is 0.591 bits per heavy atom. The Labute approximate surface area is 153 Å². The van der Waals surface area contributed by atoms with Gasteiger partial charge in [0.15, 0.2) is 0 Å². The monoisotopic (exact) mass is 484 g/mol. The van der Waals surface area contributed by atoms with Crippen molar-refractivity contribution in [2.24, 2.45) is 0 Å². The van der Waals surface area contributed by atoms with Crippen LogP contribution in [0, 0.1) is 0 Å². The molecule has 0 aliphatic rings. The van der Waals surface area contributed by atoms with Gasteiger partial charge in [-0.05, 0) is 37.0 Å². The van der Waals surface area contributed by atoms with Gasteiger partial charge in [-0.25, -0.2) is 0 Å². The van der Waals surface area contributed by atoms with Gasteiger partial charge in [0.25, 0.3) is 0 Å². The minimum atomic E-state index is -2.90. The minimum Gasteiger partial charge on any atom is -0.799 e. The maximum absolute atomic E-state index is 10.4. The van der Waals surface area contributed by atoms with E-state index in [1.165, 1.54) is 0 Å². The van der Waals surface area contributed by atoms with Gasteiger partial charge in [-0.3, -0.25) is 0 Å². The summed E-state index contributed by atoms with van der Waals surface area (Å²) in [6.45, 7) is 9.98. The largest absolute Gasteiger partial charge is 3.00 e. The second kappa shape index (κ2) is 15.9. The van der Waals surface area contributed by atoms with Crippen LogP contribution in [0.15, 0.2) is 0 Å². The van der Waals surface area contributed by atoms with E-state index in [4.69, 9.17) is 0 Å². The third-order valence-electron chi connectivity index (χ3n) is 2.89. The summed E-state index contributed by atoms with van der Waals surface area (Å²) in [4.78, 5) is 31.2. The summed E-state index contributed by atoms with van der Waals surface area (Å²) in [5.74, 6) is 0. The first-order valence-electron chi connectivity index (χ1n) is 7.24. The molecule has 0 amide bonds. The molecular formula is C12H30O6P3Sb. The molecule has 0 unspecified atom stereocenters. The van der Waals surface area contributed by atoms with Crippen molar-refractivity contribution in [1.29, 1.82) is 0 Å². The van der Waals surface area contributed by atoms with E-state index in [9.17, 15) is 28.4 Å². The Balaban J connectivity index is -0.000000108. The number of hydrogen-bond donors (Lipinski definition) is 0.